The van der Waals surface area contributed by atoms with E-state index < -0.39 is 0 Å². The first kappa shape index (κ1) is 11.6. The van der Waals surface area contributed by atoms with Crippen LogP contribution in [0.4, 0.5) is 0 Å². The molecule has 0 radical (unpaired) electrons. The molecule has 1 aromatic heterocycles. The van der Waals surface area contributed by atoms with E-state index in [1.165, 1.54) is 0 Å². The summed E-state index contributed by atoms with van der Waals surface area (Å²) in [7, 11) is 1.82. The standard InChI is InChI=1S/C12H21N3O/c1-3-15-9-8-14-11(15)10-12(16-2)4-6-13-7-5-12/h8-9,13H,3-7,10H2,1-2H3. The van der Waals surface area contributed by atoms with Crippen molar-refractivity contribution in [1.82, 2.24) is 14.9 Å². The summed E-state index contributed by atoms with van der Waals surface area (Å²) in [4.78, 5) is 4.44. The van der Waals surface area contributed by atoms with Gasteiger partial charge in [0.25, 0.3) is 0 Å². The van der Waals surface area contributed by atoms with Crippen LogP contribution in [0.3, 0.4) is 0 Å². The molecule has 4 nitrogen and oxygen atoms in total. The summed E-state index contributed by atoms with van der Waals surface area (Å²) < 4.78 is 7.96. The molecule has 1 N–H and O–H groups in total. The first-order valence-corrected chi connectivity index (χ1v) is 6.05. The normalized spacial score (nSPS) is 19.9. The van der Waals surface area contributed by atoms with Gasteiger partial charge in [0, 0.05) is 32.5 Å². The first-order chi connectivity index (χ1) is 7.79. The van der Waals surface area contributed by atoms with Crippen molar-refractivity contribution in [2.24, 2.45) is 0 Å². The number of rotatable bonds is 4. The Labute approximate surface area is 97.0 Å². The lowest BCUT2D eigenvalue weighted by molar-refractivity contribution is -0.0352. The van der Waals surface area contributed by atoms with E-state index in [2.05, 4.69) is 21.8 Å². The Morgan fingerprint density at radius 1 is 1.50 bits per heavy atom. The summed E-state index contributed by atoms with van der Waals surface area (Å²) >= 11 is 0. The van der Waals surface area contributed by atoms with Gasteiger partial charge >= 0.3 is 0 Å². The Kier molecular flexibility index (Phi) is 3.61. The predicted molar refractivity (Wildman–Crippen MR) is 63.4 cm³/mol. The van der Waals surface area contributed by atoms with E-state index in [0.29, 0.717) is 0 Å². The average molecular weight is 223 g/mol. The molecule has 1 saturated heterocycles. The summed E-state index contributed by atoms with van der Waals surface area (Å²) in [6.07, 6.45) is 6.98. The fraction of sp³-hybridized carbons (Fsp3) is 0.750. The SMILES string of the molecule is CCn1ccnc1CC1(OC)CCNCC1. The minimum absolute atomic E-state index is 0.0104. The molecule has 4 heteroatoms. The number of nitrogens with one attached hydrogen (secondary N) is 1. The third-order valence-corrected chi connectivity index (χ3v) is 3.57. The summed E-state index contributed by atoms with van der Waals surface area (Å²) in [6.45, 7) is 5.21. The van der Waals surface area contributed by atoms with Crippen LogP contribution in [-0.2, 0) is 17.7 Å². The van der Waals surface area contributed by atoms with E-state index in [1.807, 2.05) is 19.5 Å². The zero-order valence-electron chi connectivity index (χ0n) is 10.2. The molecule has 0 aliphatic carbocycles. The average Bonchev–Trinajstić information content (AvgIpc) is 2.77. The molecule has 1 aliphatic rings. The number of aryl methyl sites for hydroxylation is 1. The Morgan fingerprint density at radius 2 is 2.25 bits per heavy atom. The Balaban J connectivity index is 2.11. The van der Waals surface area contributed by atoms with E-state index in [0.717, 1.165) is 44.7 Å². The van der Waals surface area contributed by atoms with Crippen LogP contribution < -0.4 is 5.32 Å². The Hall–Kier alpha value is -0.870. The largest absolute Gasteiger partial charge is 0.378 e. The second-order valence-electron chi connectivity index (χ2n) is 4.44. The van der Waals surface area contributed by atoms with E-state index >= 15 is 0 Å². The Bertz CT molecular complexity index is 329. The molecule has 0 aromatic carbocycles. The predicted octanol–water partition coefficient (Wildman–Crippen LogP) is 1.21. The molecule has 0 amide bonds. The second-order valence-corrected chi connectivity index (χ2v) is 4.44. The van der Waals surface area contributed by atoms with Gasteiger partial charge in [-0.05, 0) is 32.9 Å². The van der Waals surface area contributed by atoms with Crippen LogP contribution in [0.25, 0.3) is 0 Å². The van der Waals surface area contributed by atoms with Gasteiger partial charge in [-0.25, -0.2) is 4.98 Å². The van der Waals surface area contributed by atoms with Gasteiger partial charge in [0.1, 0.15) is 5.82 Å². The fourth-order valence-corrected chi connectivity index (χ4v) is 2.42. The van der Waals surface area contributed by atoms with Crippen LogP contribution in [0.15, 0.2) is 12.4 Å². The van der Waals surface area contributed by atoms with Crippen LogP contribution in [0, 0.1) is 0 Å². The molecule has 1 fully saturated rings. The van der Waals surface area contributed by atoms with Gasteiger partial charge in [-0.2, -0.15) is 0 Å². The zero-order chi connectivity index (χ0) is 11.4. The molecular weight excluding hydrogens is 202 g/mol. The number of piperidine rings is 1. The quantitative estimate of drug-likeness (QED) is 0.834. The topological polar surface area (TPSA) is 39.1 Å². The number of hydrogen-bond acceptors (Lipinski definition) is 3. The monoisotopic (exact) mass is 223 g/mol. The summed E-state index contributed by atoms with van der Waals surface area (Å²) in [5, 5.41) is 3.37. The second kappa shape index (κ2) is 4.97. The van der Waals surface area contributed by atoms with Crippen molar-refractivity contribution in [3.63, 3.8) is 0 Å². The van der Waals surface area contributed by atoms with Crippen LogP contribution in [0.5, 0.6) is 0 Å². The van der Waals surface area contributed by atoms with Gasteiger partial charge in [-0.15, -0.1) is 0 Å². The van der Waals surface area contributed by atoms with Crippen molar-refractivity contribution in [2.45, 2.75) is 38.3 Å². The number of aromatic nitrogens is 2. The number of nitrogens with zero attached hydrogens (tertiary/aromatic N) is 2. The lowest BCUT2D eigenvalue weighted by Gasteiger charge is -2.36. The molecule has 0 saturated carbocycles. The number of methoxy groups -OCH3 is 1. The van der Waals surface area contributed by atoms with Crippen molar-refractivity contribution in [3.05, 3.63) is 18.2 Å². The Morgan fingerprint density at radius 3 is 2.88 bits per heavy atom. The molecule has 0 spiro atoms. The van der Waals surface area contributed by atoms with Crippen LogP contribution in [0.1, 0.15) is 25.6 Å². The van der Waals surface area contributed by atoms with Crippen LogP contribution >= 0.6 is 0 Å². The molecule has 0 unspecified atom stereocenters. The summed E-state index contributed by atoms with van der Waals surface area (Å²) in [5.41, 5.74) is -0.0104. The maximum Gasteiger partial charge on any atom is 0.111 e. The maximum atomic E-state index is 5.76. The number of imidazole rings is 1. The van der Waals surface area contributed by atoms with Gasteiger partial charge in [-0.3, -0.25) is 0 Å². The highest BCUT2D eigenvalue weighted by atomic mass is 16.5. The van der Waals surface area contributed by atoms with Gasteiger partial charge in [0.05, 0.1) is 5.60 Å². The smallest absolute Gasteiger partial charge is 0.111 e. The molecule has 0 bridgehead atoms. The molecule has 0 atom stereocenters. The lowest BCUT2D eigenvalue weighted by atomic mass is 9.88. The zero-order valence-corrected chi connectivity index (χ0v) is 10.2. The third kappa shape index (κ3) is 2.28. The van der Waals surface area contributed by atoms with Gasteiger partial charge in [0.2, 0.25) is 0 Å². The maximum absolute atomic E-state index is 5.76. The molecule has 90 valence electrons. The van der Waals surface area contributed by atoms with Crippen molar-refractivity contribution < 1.29 is 4.74 Å². The highest BCUT2D eigenvalue weighted by Gasteiger charge is 2.33. The van der Waals surface area contributed by atoms with Gasteiger partial charge in [0.15, 0.2) is 0 Å². The molecule has 1 aromatic rings. The van der Waals surface area contributed by atoms with E-state index in [-0.39, 0.29) is 5.60 Å². The lowest BCUT2D eigenvalue weighted by Crippen LogP contribution is -2.45. The van der Waals surface area contributed by atoms with Crippen LogP contribution in [-0.4, -0.2) is 35.4 Å². The third-order valence-electron chi connectivity index (χ3n) is 3.57. The van der Waals surface area contributed by atoms with E-state index in [9.17, 15) is 0 Å². The molecular formula is C12H21N3O. The number of hydrogen-bond donors (Lipinski definition) is 1. The molecule has 16 heavy (non-hydrogen) atoms. The van der Waals surface area contributed by atoms with Crippen molar-refractivity contribution in [1.29, 1.82) is 0 Å². The van der Waals surface area contributed by atoms with Gasteiger partial charge in [-0.1, -0.05) is 0 Å². The summed E-state index contributed by atoms with van der Waals surface area (Å²) in [6, 6.07) is 0. The molecule has 2 rings (SSSR count). The van der Waals surface area contributed by atoms with Crippen molar-refractivity contribution in [2.75, 3.05) is 20.2 Å². The van der Waals surface area contributed by atoms with Crippen molar-refractivity contribution in [3.8, 4) is 0 Å². The highest BCUT2D eigenvalue weighted by molar-refractivity contribution is 5.01. The summed E-state index contributed by atoms with van der Waals surface area (Å²) in [5.74, 6) is 1.14. The minimum Gasteiger partial charge on any atom is -0.378 e. The van der Waals surface area contributed by atoms with Crippen LogP contribution in [0.2, 0.25) is 0 Å². The minimum atomic E-state index is -0.0104. The fourth-order valence-electron chi connectivity index (χ4n) is 2.42. The molecule has 2 heterocycles. The number of ether oxygens (including phenoxy) is 1. The molecule has 1 aliphatic heterocycles. The van der Waals surface area contributed by atoms with Gasteiger partial charge < -0.3 is 14.6 Å². The van der Waals surface area contributed by atoms with Crippen molar-refractivity contribution >= 4 is 0 Å². The van der Waals surface area contributed by atoms with E-state index in [1.54, 1.807) is 0 Å². The highest BCUT2D eigenvalue weighted by Crippen LogP contribution is 2.26. The first-order valence-electron chi connectivity index (χ1n) is 6.05. The van der Waals surface area contributed by atoms with E-state index in [4.69, 9.17) is 4.74 Å².